The molecule has 1 aliphatic heterocycles. The number of benzene rings is 1. The number of amides is 1. The van der Waals surface area contributed by atoms with Crippen molar-refractivity contribution in [2.45, 2.75) is 25.3 Å². The molecule has 1 aliphatic rings. The summed E-state index contributed by atoms with van der Waals surface area (Å²) >= 11 is 0. The van der Waals surface area contributed by atoms with Crippen molar-refractivity contribution in [3.05, 3.63) is 48.5 Å². The van der Waals surface area contributed by atoms with Crippen LogP contribution in [0.15, 0.2) is 43.0 Å². The molecule has 0 radical (unpaired) electrons. The Labute approximate surface area is 141 Å². The predicted molar refractivity (Wildman–Crippen MR) is 88.3 cm³/mol. The second-order valence-electron chi connectivity index (χ2n) is 5.91. The van der Waals surface area contributed by atoms with E-state index in [-0.39, 0.29) is 18.6 Å². The van der Waals surface area contributed by atoms with Gasteiger partial charge in [-0.25, -0.2) is 4.98 Å². The third-order valence-corrected chi connectivity index (χ3v) is 4.26. The smallest absolute Gasteiger partial charge is 0.260 e. The summed E-state index contributed by atoms with van der Waals surface area (Å²) < 4.78 is 7.65. The summed E-state index contributed by atoms with van der Waals surface area (Å²) in [6, 6.07) is 9.68. The van der Waals surface area contributed by atoms with E-state index in [0.29, 0.717) is 18.7 Å². The van der Waals surface area contributed by atoms with Crippen molar-refractivity contribution in [2.24, 2.45) is 0 Å². The van der Waals surface area contributed by atoms with Gasteiger partial charge in [0.1, 0.15) is 5.75 Å². The molecule has 3 rings (SSSR count). The van der Waals surface area contributed by atoms with Crippen LogP contribution in [0.1, 0.15) is 24.4 Å². The summed E-state index contributed by atoms with van der Waals surface area (Å²) in [7, 11) is 0. The Morgan fingerprint density at radius 2 is 2.21 bits per heavy atom. The first-order chi connectivity index (χ1) is 11.8. The first-order valence-electron chi connectivity index (χ1n) is 8.10. The largest absolute Gasteiger partial charge is 0.484 e. The van der Waals surface area contributed by atoms with Gasteiger partial charge in [0.25, 0.3) is 5.91 Å². The van der Waals surface area contributed by atoms with Crippen LogP contribution in [0.5, 0.6) is 5.75 Å². The molecule has 24 heavy (non-hydrogen) atoms. The maximum absolute atomic E-state index is 12.4. The van der Waals surface area contributed by atoms with E-state index in [0.717, 1.165) is 24.9 Å². The van der Waals surface area contributed by atoms with Crippen molar-refractivity contribution >= 4 is 5.91 Å². The number of hydrogen-bond acceptors (Lipinski definition) is 4. The summed E-state index contributed by atoms with van der Waals surface area (Å²) in [6.07, 6.45) is 7.93. The van der Waals surface area contributed by atoms with Crippen LogP contribution in [0.4, 0.5) is 0 Å². The number of rotatable bonds is 5. The van der Waals surface area contributed by atoms with Crippen LogP contribution >= 0.6 is 0 Å². The fourth-order valence-corrected chi connectivity index (χ4v) is 2.94. The minimum absolute atomic E-state index is 0.000849. The summed E-state index contributed by atoms with van der Waals surface area (Å²) in [5, 5.41) is 8.66. The molecule has 2 heterocycles. The van der Waals surface area contributed by atoms with Gasteiger partial charge in [-0.3, -0.25) is 4.79 Å². The molecule has 1 fully saturated rings. The Morgan fingerprint density at radius 3 is 2.92 bits per heavy atom. The Balaban J connectivity index is 1.52. The fraction of sp³-hybridized carbons (Fsp3) is 0.389. The molecule has 0 spiro atoms. The highest BCUT2D eigenvalue weighted by atomic mass is 16.5. The van der Waals surface area contributed by atoms with Crippen molar-refractivity contribution in [3.63, 3.8) is 0 Å². The summed E-state index contributed by atoms with van der Waals surface area (Å²) in [4.78, 5) is 18.3. The topological polar surface area (TPSA) is 71.2 Å². The third-order valence-electron chi connectivity index (χ3n) is 4.26. The average Bonchev–Trinajstić information content (AvgIpc) is 3.16. The van der Waals surface area contributed by atoms with Gasteiger partial charge >= 0.3 is 0 Å². The van der Waals surface area contributed by atoms with Gasteiger partial charge in [-0.2, -0.15) is 5.26 Å². The molecule has 0 unspecified atom stereocenters. The zero-order chi connectivity index (χ0) is 16.8. The Morgan fingerprint density at radius 1 is 1.38 bits per heavy atom. The number of hydrogen-bond donors (Lipinski definition) is 0. The van der Waals surface area contributed by atoms with E-state index < -0.39 is 0 Å². The SMILES string of the molecule is N#CCc1ccc(OCC(=O)N2CCC[C@H](n3ccnc3)C2)cc1. The van der Waals surface area contributed by atoms with Crippen LogP contribution in [0.3, 0.4) is 0 Å². The van der Waals surface area contributed by atoms with Crippen LogP contribution in [0.2, 0.25) is 0 Å². The molecule has 1 saturated heterocycles. The van der Waals surface area contributed by atoms with Crippen molar-refractivity contribution in [1.82, 2.24) is 14.5 Å². The molecular formula is C18H20N4O2. The van der Waals surface area contributed by atoms with E-state index in [2.05, 4.69) is 15.6 Å². The van der Waals surface area contributed by atoms with Crippen LogP contribution in [-0.2, 0) is 11.2 Å². The van der Waals surface area contributed by atoms with Crippen LogP contribution < -0.4 is 4.74 Å². The van der Waals surface area contributed by atoms with E-state index in [1.807, 2.05) is 23.2 Å². The van der Waals surface area contributed by atoms with Gasteiger partial charge < -0.3 is 14.2 Å². The number of nitriles is 1. The highest BCUT2D eigenvalue weighted by Gasteiger charge is 2.24. The van der Waals surface area contributed by atoms with Gasteiger partial charge in [0, 0.05) is 25.5 Å². The number of imidazole rings is 1. The average molecular weight is 324 g/mol. The molecule has 0 bridgehead atoms. The molecule has 0 aliphatic carbocycles. The zero-order valence-electron chi connectivity index (χ0n) is 13.5. The van der Waals surface area contributed by atoms with Gasteiger partial charge in [-0.15, -0.1) is 0 Å². The first-order valence-corrected chi connectivity index (χ1v) is 8.10. The van der Waals surface area contributed by atoms with Gasteiger partial charge in [-0.1, -0.05) is 12.1 Å². The third kappa shape index (κ3) is 3.93. The van der Waals surface area contributed by atoms with Crippen molar-refractivity contribution in [1.29, 1.82) is 5.26 Å². The maximum Gasteiger partial charge on any atom is 0.260 e. The predicted octanol–water partition coefficient (Wildman–Crippen LogP) is 2.19. The van der Waals surface area contributed by atoms with Crippen molar-refractivity contribution in [3.8, 4) is 11.8 Å². The molecule has 0 saturated carbocycles. The van der Waals surface area contributed by atoms with Gasteiger partial charge in [0.05, 0.1) is 24.9 Å². The maximum atomic E-state index is 12.4. The number of carbonyl (C=O) groups is 1. The molecule has 1 aromatic heterocycles. The lowest BCUT2D eigenvalue weighted by Crippen LogP contribution is -2.42. The lowest BCUT2D eigenvalue weighted by Gasteiger charge is -2.33. The lowest BCUT2D eigenvalue weighted by atomic mass is 10.1. The number of likely N-dealkylation sites (tertiary alicyclic amines) is 1. The first kappa shape index (κ1) is 16.1. The second kappa shape index (κ2) is 7.64. The summed E-state index contributed by atoms with van der Waals surface area (Å²) in [6.45, 7) is 1.50. The van der Waals surface area contributed by atoms with Crippen LogP contribution in [-0.4, -0.2) is 40.1 Å². The molecule has 6 heteroatoms. The Bertz CT molecular complexity index is 704. The fourth-order valence-electron chi connectivity index (χ4n) is 2.94. The number of piperidine rings is 1. The zero-order valence-corrected chi connectivity index (χ0v) is 13.5. The second-order valence-corrected chi connectivity index (χ2v) is 5.91. The molecule has 2 aromatic rings. The van der Waals surface area contributed by atoms with E-state index in [4.69, 9.17) is 10.00 Å². The van der Waals surface area contributed by atoms with Crippen molar-refractivity contribution in [2.75, 3.05) is 19.7 Å². The van der Waals surface area contributed by atoms with Gasteiger partial charge in [0.15, 0.2) is 6.61 Å². The Kier molecular flexibility index (Phi) is 5.12. The van der Waals surface area contributed by atoms with E-state index in [1.165, 1.54) is 0 Å². The molecule has 1 amide bonds. The molecular weight excluding hydrogens is 304 g/mol. The number of nitrogens with zero attached hydrogens (tertiary/aromatic N) is 4. The van der Waals surface area contributed by atoms with Gasteiger partial charge in [-0.05, 0) is 30.5 Å². The number of ether oxygens (including phenoxy) is 1. The van der Waals surface area contributed by atoms with E-state index >= 15 is 0 Å². The molecule has 0 N–H and O–H groups in total. The van der Waals surface area contributed by atoms with E-state index in [9.17, 15) is 4.79 Å². The monoisotopic (exact) mass is 324 g/mol. The molecule has 124 valence electrons. The number of aromatic nitrogens is 2. The standard InChI is InChI=1S/C18H20N4O2/c19-8-7-15-3-5-17(6-4-15)24-13-18(23)21-10-1-2-16(12-21)22-11-9-20-14-22/h3-6,9,11,14,16H,1-2,7,10,12-13H2/t16-/m0/s1. The minimum atomic E-state index is 0.000849. The minimum Gasteiger partial charge on any atom is -0.484 e. The van der Waals surface area contributed by atoms with Crippen molar-refractivity contribution < 1.29 is 9.53 Å². The normalized spacial score (nSPS) is 17.3. The van der Waals surface area contributed by atoms with Crippen LogP contribution in [0.25, 0.3) is 0 Å². The Hall–Kier alpha value is -2.81. The summed E-state index contributed by atoms with van der Waals surface area (Å²) in [5.74, 6) is 0.647. The quantitative estimate of drug-likeness (QED) is 0.845. The molecule has 6 nitrogen and oxygen atoms in total. The molecule has 1 atom stereocenters. The highest BCUT2D eigenvalue weighted by Crippen LogP contribution is 2.21. The summed E-state index contributed by atoms with van der Waals surface area (Å²) in [5.41, 5.74) is 0.940. The number of carbonyl (C=O) groups excluding carboxylic acids is 1. The van der Waals surface area contributed by atoms with Gasteiger partial charge in [0.2, 0.25) is 0 Å². The highest BCUT2D eigenvalue weighted by molar-refractivity contribution is 5.77. The lowest BCUT2D eigenvalue weighted by molar-refractivity contribution is -0.135. The van der Waals surface area contributed by atoms with Crippen LogP contribution in [0, 0.1) is 11.3 Å². The van der Waals surface area contributed by atoms with E-state index in [1.54, 1.807) is 24.7 Å². The molecule has 1 aromatic carbocycles.